The minimum absolute atomic E-state index is 0.0775. The van der Waals surface area contributed by atoms with Crippen molar-refractivity contribution in [3.05, 3.63) is 41.7 Å². The fraction of sp³-hybridized carbons (Fsp3) is 0.286. The van der Waals surface area contributed by atoms with Gasteiger partial charge in [-0.05, 0) is 6.07 Å². The van der Waals surface area contributed by atoms with Crippen LogP contribution in [-0.2, 0) is 17.9 Å². The summed E-state index contributed by atoms with van der Waals surface area (Å²) >= 11 is 0. The first-order valence-corrected chi connectivity index (χ1v) is 6.50. The molecular formula is C14H16N4O4. The van der Waals surface area contributed by atoms with Gasteiger partial charge in [0.15, 0.2) is 5.69 Å². The second-order valence-corrected chi connectivity index (χ2v) is 4.67. The largest absolute Gasteiger partial charge is 0.496 e. The molecule has 116 valence electrons. The molecule has 1 N–H and O–H groups in total. The highest BCUT2D eigenvalue weighted by atomic mass is 16.5. The highest BCUT2D eigenvalue weighted by molar-refractivity contribution is 5.84. The quantitative estimate of drug-likeness (QED) is 0.841. The van der Waals surface area contributed by atoms with Gasteiger partial charge in [-0.1, -0.05) is 23.4 Å². The normalized spacial score (nSPS) is 10.3. The summed E-state index contributed by atoms with van der Waals surface area (Å²) in [5.41, 5.74) is 0.686. The van der Waals surface area contributed by atoms with Crippen LogP contribution in [0.2, 0.25) is 0 Å². The standard InChI is InChI=1S/C14H16N4O4/c1-17(7-10-5-3-4-6-12(10)22-2)13(19)9-18-8-11(14(20)21)15-16-18/h3-6,8H,7,9H2,1-2H3,(H,20,21). The number of likely N-dealkylation sites (N-methyl/N-ethyl adjacent to an activating group) is 1. The van der Waals surface area contributed by atoms with Crippen LogP contribution < -0.4 is 4.74 Å². The van der Waals surface area contributed by atoms with Crippen molar-refractivity contribution in [1.29, 1.82) is 0 Å². The maximum atomic E-state index is 12.1. The minimum atomic E-state index is -1.18. The molecule has 0 atom stereocenters. The Morgan fingerprint density at radius 2 is 2.09 bits per heavy atom. The Labute approximate surface area is 126 Å². The summed E-state index contributed by atoms with van der Waals surface area (Å²) < 4.78 is 6.44. The number of carbonyl (C=O) groups excluding carboxylic acids is 1. The zero-order valence-corrected chi connectivity index (χ0v) is 12.3. The molecule has 1 aromatic heterocycles. The van der Waals surface area contributed by atoms with Crippen molar-refractivity contribution in [3.63, 3.8) is 0 Å². The van der Waals surface area contributed by atoms with Gasteiger partial charge in [-0.3, -0.25) is 4.79 Å². The van der Waals surface area contributed by atoms with E-state index in [1.165, 1.54) is 15.8 Å². The molecule has 0 bridgehead atoms. The van der Waals surface area contributed by atoms with Gasteiger partial charge in [-0.2, -0.15) is 0 Å². The third-order valence-corrected chi connectivity index (χ3v) is 3.08. The van der Waals surface area contributed by atoms with Crippen molar-refractivity contribution in [2.45, 2.75) is 13.1 Å². The lowest BCUT2D eigenvalue weighted by Gasteiger charge is -2.18. The van der Waals surface area contributed by atoms with Crippen LogP contribution in [0.5, 0.6) is 5.75 Å². The molecule has 0 aliphatic carbocycles. The Morgan fingerprint density at radius 3 is 2.73 bits per heavy atom. The molecule has 0 aliphatic rings. The highest BCUT2D eigenvalue weighted by Crippen LogP contribution is 2.18. The molecule has 0 saturated heterocycles. The summed E-state index contributed by atoms with van der Waals surface area (Å²) in [7, 11) is 3.23. The maximum absolute atomic E-state index is 12.1. The number of amides is 1. The molecule has 8 nitrogen and oxygen atoms in total. The number of para-hydroxylation sites is 1. The van der Waals surface area contributed by atoms with Crippen LogP contribution in [0.4, 0.5) is 0 Å². The number of aromatic carboxylic acids is 1. The average Bonchev–Trinajstić information content (AvgIpc) is 2.96. The summed E-state index contributed by atoms with van der Waals surface area (Å²) in [6.45, 7) is 0.301. The van der Waals surface area contributed by atoms with Crippen molar-refractivity contribution in [3.8, 4) is 5.75 Å². The molecular weight excluding hydrogens is 288 g/mol. The van der Waals surface area contributed by atoms with Crippen molar-refractivity contribution < 1.29 is 19.4 Å². The van der Waals surface area contributed by atoms with E-state index in [-0.39, 0.29) is 18.1 Å². The molecule has 8 heteroatoms. The SMILES string of the molecule is COc1ccccc1CN(C)C(=O)Cn1cc(C(=O)O)nn1. The molecule has 1 aromatic carbocycles. The van der Waals surface area contributed by atoms with Gasteiger partial charge in [0.2, 0.25) is 5.91 Å². The third kappa shape index (κ3) is 3.60. The van der Waals surface area contributed by atoms with Crippen LogP contribution in [0, 0.1) is 0 Å². The zero-order valence-electron chi connectivity index (χ0n) is 12.3. The van der Waals surface area contributed by atoms with Crippen LogP contribution in [0.15, 0.2) is 30.5 Å². The molecule has 0 saturated carbocycles. The van der Waals surface area contributed by atoms with Gasteiger partial charge < -0.3 is 14.7 Å². The van der Waals surface area contributed by atoms with Gasteiger partial charge in [-0.25, -0.2) is 9.48 Å². The fourth-order valence-corrected chi connectivity index (χ4v) is 1.91. The van der Waals surface area contributed by atoms with Gasteiger partial charge in [-0.15, -0.1) is 5.10 Å². The van der Waals surface area contributed by atoms with E-state index in [2.05, 4.69) is 10.3 Å². The predicted octanol–water partition coefficient (Wildman–Crippen LogP) is 0.643. The van der Waals surface area contributed by atoms with E-state index in [1.54, 1.807) is 14.2 Å². The van der Waals surface area contributed by atoms with Gasteiger partial charge in [0, 0.05) is 19.2 Å². The first kappa shape index (κ1) is 15.5. The Kier molecular flexibility index (Phi) is 4.72. The summed E-state index contributed by atoms with van der Waals surface area (Å²) in [6.07, 6.45) is 1.22. The van der Waals surface area contributed by atoms with Gasteiger partial charge in [0.25, 0.3) is 0 Å². The number of carboxylic acids is 1. The van der Waals surface area contributed by atoms with Crippen molar-refractivity contribution in [2.75, 3.05) is 14.2 Å². The van der Waals surface area contributed by atoms with Gasteiger partial charge >= 0.3 is 5.97 Å². The average molecular weight is 304 g/mol. The fourth-order valence-electron chi connectivity index (χ4n) is 1.91. The smallest absolute Gasteiger partial charge is 0.358 e. The van der Waals surface area contributed by atoms with E-state index in [0.29, 0.717) is 12.3 Å². The van der Waals surface area contributed by atoms with Gasteiger partial charge in [0.05, 0.1) is 13.3 Å². The Balaban J connectivity index is 2.01. The number of methoxy groups -OCH3 is 1. The lowest BCUT2D eigenvalue weighted by molar-refractivity contribution is -0.131. The number of aromatic nitrogens is 3. The Bertz CT molecular complexity index is 683. The van der Waals surface area contributed by atoms with Gasteiger partial charge in [0.1, 0.15) is 12.3 Å². The Morgan fingerprint density at radius 1 is 1.36 bits per heavy atom. The maximum Gasteiger partial charge on any atom is 0.358 e. The number of nitrogens with zero attached hydrogens (tertiary/aromatic N) is 4. The molecule has 2 aromatic rings. The van der Waals surface area contributed by atoms with E-state index in [1.807, 2.05) is 24.3 Å². The van der Waals surface area contributed by atoms with Crippen LogP contribution in [0.25, 0.3) is 0 Å². The lowest BCUT2D eigenvalue weighted by atomic mass is 10.2. The zero-order chi connectivity index (χ0) is 16.1. The molecule has 0 spiro atoms. The van der Waals surface area contributed by atoms with Crippen LogP contribution in [-0.4, -0.2) is 51.0 Å². The molecule has 22 heavy (non-hydrogen) atoms. The third-order valence-electron chi connectivity index (χ3n) is 3.08. The number of carboxylic acid groups (broad SMARTS) is 1. The van der Waals surface area contributed by atoms with E-state index in [9.17, 15) is 9.59 Å². The first-order valence-electron chi connectivity index (χ1n) is 6.50. The Hall–Kier alpha value is -2.90. The van der Waals surface area contributed by atoms with Crippen LogP contribution in [0.1, 0.15) is 16.1 Å². The molecule has 0 fully saturated rings. The molecule has 0 radical (unpaired) electrons. The number of hydrogen-bond acceptors (Lipinski definition) is 5. The molecule has 0 unspecified atom stereocenters. The number of carbonyl (C=O) groups is 2. The second-order valence-electron chi connectivity index (χ2n) is 4.67. The molecule has 1 heterocycles. The second kappa shape index (κ2) is 6.70. The summed E-state index contributed by atoms with van der Waals surface area (Å²) in [5.74, 6) is -0.690. The van der Waals surface area contributed by atoms with Crippen molar-refractivity contribution >= 4 is 11.9 Å². The lowest BCUT2D eigenvalue weighted by Crippen LogP contribution is -2.30. The van der Waals surface area contributed by atoms with E-state index in [4.69, 9.17) is 9.84 Å². The van der Waals surface area contributed by atoms with E-state index >= 15 is 0 Å². The number of ether oxygens (including phenoxy) is 1. The van der Waals surface area contributed by atoms with Crippen LogP contribution >= 0.6 is 0 Å². The predicted molar refractivity (Wildman–Crippen MR) is 76.4 cm³/mol. The topological polar surface area (TPSA) is 97.5 Å². The molecule has 1 amide bonds. The van der Waals surface area contributed by atoms with E-state index < -0.39 is 5.97 Å². The number of hydrogen-bond donors (Lipinski definition) is 1. The number of benzene rings is 1. The van der Waals surface area contributed by atoms with Crippen LogP contribution in [0.3, 0.4) is 0 Å². The van der Waals surface area contributed by atoms with E-state index in [0.717, 1.165) is 5.56 Å². The van der Waals surface area contributed by atoms with Crippen molar-refractivity contribution in [1.82, 2.24) is 19.9 Å². The first-order chi connectivity index (χ1) is 10.5. The van der Waals surface area contributed by atoms with Crippen molar-refractivity contribution in [2.24, 2.45) is 0 Å². The highest BCUT2D eigenvalue weighted by Gasteiger charge is 2.15. The summed E-state index contributed by atoms with van der Waals surface area (Å²) in [6, 6.07) is 7.42. The molecule has 0 aliphatic heterocycles. The monoisotopic (exact) mass is 304 g/mol. The summed E-state index contributed by atoms with van der Waals surface area (Å²) in [5, 5.41) is 15.8. The minimum Gasteiger partial charge on any atom is -0.496 e. The molecule has 2 rings (SSSR count). The number of rotatable bonds is 6. The summed E-state index contributed by atoms with van der Waals surface area (Å²) in [4.78, 5) is 24.4.